The third-order valence-corrected chi connectivity index (χ3v) is 3.22. The third-order valence-electron chi connectivity index (χ3n) is 3.22. The molecule has 0 heterocycles. The van der Waals surface area contributed by atoms with Crippen LogP contribution in [-0.2, 0) is 0 Å². The second-order valence-corrected chi connectivity index (χ2v) is 3.97. The van der Waals surface area contributed by atoms with Gasteiger partial charge in [0.25, 0.3) is 0 Å². The van der Waals surface area contributed by atoms with Crippen molar-refractivity contribution in [1.29, 1.82) is 0 Å². The van der Waals surface area contributed by atoms with E-state index in [1.165, 1.54) is 25.7 Å². The Bertz CT molecular complexity index is 149. The summed E-state index contributed by atoms with van der Waals surface area (Å²) in [6, 6.07) is 0. The van der Waals surface area contributed by atoms with Gasteiger partial charge in [0.2, 0.25) is 0 Å². The first-order valence-electron chi connectivity index (χ1n) is 5.04. The first kappa shape index (κ1) is 9.57. The maximum Gasteiger partial charge on any atom is -0.00280 e. The van der Waals surface area contributed by atoms with E-state index in [1.807, 2.05) is 0 Å². The molecule has 0 heteroatoms. The quantitative estimate of drug-likeness (QED) is 0.556. The van der Waals surface area contributed by atoms with Crippen molar-refractivity contribution in [3.05, 3.63) is 25.3 Å². The van der Waals surface area contributed by atoms with Crippen molar-refractivity contribution >= 4 is 0 Å². The highest BCUT2D eigenvalue weighted by Gasteiger charge is 2.25. The zero-order valence-corrected chi connectivity index (χ0v) is 8.13. The Morgan fingerprint density at radius 3 is 2.25 bits per heavy atom. The summed E-state index contributed by atoms with van der Waals surface area (Å²) < 4.78 is 0. The molecular weight excluding hydrogens is 144 g/mol. The van der Waals surface area contributed by atoms with E-state index in [0.29, 0.717) is 5.92 Å². The zero-order valence-electron chi connectivity index (χ0n) is 8.13. The minimum atomic E-state index is 0.542. The molecule has 1 saturated carbocycles. The normalized spacial score (nSPS) is 30.2. The van der Waals surface area contributed by atoms with Gasteiger partial charge in [-0.3, -0.25) is 0 Å². The molecule has 68 valence electrons. The molecule has 0 spiro atoms. The molecule has 0 amide bonds. The third kappa shape index (κ3) is 2.00. The summed E-state index contributed by atoms with van der Waals surface area (Å²) in [6.07, 6.45) is 9.68. The minimum Gasteiger partial charge on any atom is -0.102 e. The summed E-state index contributed by atoms with van der Waals surface area (Å²) in [5.41, 5.74) is 0. The van der Waals surface area contributed by atoms with Gasteiger partial charge in [-0.15, -0.1) is 13.2 Å². The number of hydrogen-bond donors (Lipinski definition) is 0. The molecule has 2 unspecified atom stereocenters. The Kier molecular flexibility index (Phi) is 3.58. The van der Waals surface area contributed by atoms with Crippen LogP contribution in [0.15, 0.2) is 25.3 Å². The molecule has 0 nitrogen and oxygen atoms in total. The molecule has 0 aliphatic heterocycles. The lowest BCUT2D eigenvalue weighted by Gasteiger charge is -2.32. The van der Waals surface area contributed by atoms with Crippen molar-refractivity contribution in [2.45, 2.75) is 32.6 Å². The van der Waals surface area contributed by atoms with E-state index < -0.39 is 0 Å². The fourth-order valence-corrected chi connectivity index (χ4v) is 2.36. The zero-order chi connectivity index (χ0) is 8.97. The van der Waals surface area contributed by atoms with Crippen molar-refractivity contribution in [1.82, 2.24) is 0 Å². The molecule has 1 aliphatic rings. The molecule has 1 fully saturated rings. The second-order valence-electron chi connectivity index (χ2n) is 3.97. The van der Waals surface area contributed by atoms with Crippen LogP contribution in [0.5, 0.6) is 0 Å². The van der Waals surface area contributed by atoms with E-state index in [1.54, 1.807) is 0 Å². The molecule has 0 aromatic carbocycles. The van der Waals surface area contributed by atoms with E-state index in [-0.39, 0.29) is 0 Å². The van der Waals surface area contributed by atoms with Crippen LogP contribution in [-0.4, -0.2) is 0 Å². The van der Waals surface area contributed by atoms with Crippen LogP contribution in [0.1, 0.15) is 32.6 Å². The molecule has 0 saturated heterocycles. The van der Waals surface area contributed by atoms with Gasteiger partial charge < -0.3 is 0 Å². The highest BCUT2D eigenvalue weighted by molar-refractivity contribution is 4.98. The van der Waals surface area contributed by atoms with Gasteiger partial charge in [0.05, 0.1) is 0 Å². The Hall–Kier alpha value is -0.520. The summed E-state index contributed by atoms with van der Waals surface area (Å²) in [7, 11) is 0. The van der Waals surface area contributed by atoms with E-state index >= 15 is 0 Å². The molecule has 0 aromatic rings. The minimum absolute atomic E-state index is 0.542. The molecule has 12 heavy (non-hydrogen) atoms. The van der Waals surface area contributed by atoms with Gasteiger partial charge in [-0.1, -0.05) is 38.3 Å². The standard InChI is InChI=1S/C12H20/c1-4-11(5-2)12-9-7-6-8-10(12)3/h4-5,10-12H,1-2,6-9H2,3H3. The SMILES string of the molecule is C=CC(C=C)C1CCCCC1C. The fraction of sp³-hybridized carbons (Fsp3) is 0.667. The first-order valence-corrected chi connectivity index (χ1v) is 5.04. The molecule has 1 aliphatic carbocycles. The summed E-state index contributed by atoms with van der Waals surface area (Å²) in [5, 5.41) is 0. The Balaban J connectivity index is 2.56. The van der Waals surface area contributed by atoms with Crippen molar-refractivity contribution in [3.8, 4) is 0 Å². The maximum atomic E-state index is 3.87. The molecule has 0 aromatic heterocycles. The predicted octanol–water partition coefficient (Wildman–Crippen LogP) is 3.80. The van der Waals surface area contributed by atoms with Gasteiger partial charge in [0, 0.05) is 0 Å². The predicted molar refractivity (Wildman–Crippen MR) is 55.0 cm³/mol. The van der Waals surface area contributed by atoms with Crippen molar-refractivity contribution in [3.63, 3.8) is 0 Å². The van der Waals surface area contributed by atoms with Crippen LogP contribution >= 0.6 is 0 Å². The van der Waals surface area contributed by atoms with Gasteiger partial charge >= 0.3 is 0 Å². The lowest BCUT2D eigenvalue weighted by Crippen LogP contribution is -2.22. The summed E-state index contributed by atoms with van der Waals surface area (Å²) in [6.45, 7) is 10.1. The fourth-order valence-electron chi connectivity index (χ4n) is 2.36. The van der Waals surface area contributed by atoms with E-state index in [0.717, 1.165) is 11.8 Å². The lowest BCUT2D eigenvalue weighted by atomic mass is 9.73. The van der Waals surface area contributed by atoms with Crippen LogP contribution in [0.4, 0.5) is 0 Å². The number of rotatable bonds is 3. The number of allylic oxidation sites excluding steroid dienone is 2. The van der Waals surface area contributed by atoms with Crippen LogP contribution in [0, 0.1) is 17.8 Å². The second kappa shape index (κ2) is 4.49. The smallest absolute Gasteiger partial charge is 0.00280 e. The van der Waals surface area contributed by atoms with Crippen LogP contribution in [0.2, 0.25) is 0 Å². The lowest BCUT2D eigenvalue weighted by molar-refractivity contribution is 0.225. The summed E-state index contributed by atoms with van der Waals surface area (Å²) in [4.78, 5) is 0. The Labute approximate surface area is 76.4 Å². The first-order chi connectivity index (χ1) is 5.79. The molecule has 0 bridgehead atoms. The summed E-state index contributed by atoms with van der Waals surface area (Å²) in [5.74, 6) is 2.22. The number of hydrogen-bond acceptors (Lipinski definition) is 0. The van der Waals surface area contributed by atoms with Crippen LogP contribution < -0.4 is 0 Å². The van der Waals surface area contributed by atoms with Gasteiger partial charge in [-0.05, 0) is 24.2 Å². The molecule has 0 radical (unpaired) electrons. The van der Waals surface area contributed by atoms with Crippen molar-refractivity contribution in [2.75, 3.05) is 0 Å². The van der Waals surface area contributed by atoms with Crippen LogP contribution in [0.25, 0.3) is 0 Å². The largest absolute Gasteiger partial charge is 0.102 e. The van der Waals surface area contributed by atoms with Crippen molar-refractivity contribution in [2.24, 2.45) is 17.8 Å². The average Bonchev–Trinajstić information content (AvgIpc) is 2.10. The van der Waals surface area contributed by atoms with E-state index in [4.69, 9.17) is 0 Å². The molecule has 0 N–H and O–H groups in total. The molecular formula is C12H20. The van der Waals surface area contributed by atoms with E-state index in [9.17, 15) is 0 Å². The highest BCUT2D eigenvalue weighted by Crippen LogP contribution is 2.35. The highest BCUT2D eigenvalue weighted by atomic mass is 14.3. The van der Waals surface area contributed by atoms with Gasteiger partial charge in [0.1, 0.15) is 0 Å². The monoisotopic (exact) mass is 164 g/mol. The van der Waals surface area contributed by atoms with Gasteiger partial charge in [-0.25, -0.2) is 0 Å². The Morgan fingerprint density at radius 2 is 1.75 bits per heavy atom. The van der Waals surface area contributed by atoms with Crippen LogP contribution in [0.3, 0.4) is 0 Å². The topological polar surface area (TPSA) is 0 Å². The van der Waals surface area contributed by atoms with Gasteiger partial charge in [0.15, 0.2) is 0 Å². The summed E-state index contributed by atoms with van der Waals surface area (Å²) >= 11 is 0. The van der Waals surface area contributed by atoms with Gasteiger partial charge in [-0.2, -0.15) is 0 Å². The van der Waals surface area contributed by atoms with E-state index in [2.05, 4.69) is 32.2 Å². The molecule has 2 atom stereocenters. The average molecular weight is 164 g/mol. The van der Waals surface area contributed by atoms with Crippen molar-refractivity contribution < 1.29 is 0 Å². The Morgan fingerprint density at radius 1 is 1.17 bits per heavy atom. The molecule has 1 rings (SSSR count). The maximum absolute atomic E-state index is 3.87.